The van der Waals surface area contributed by atoms with Crippen LogP contribution in [-0.4, -0.2) is 13.1 Å². The van der Waals surface area contributed by atoms with Gasteiger partial charge in [-0.1, -0.05) is 0 Å². The van der Waals surface area contributed by atoms with Gasteiger partial charge in [0.25, 0.3) is 0 Å². The molecule has 0 spiro atoms. The third-order valence-corrected chi connectivity index (χ3v) is 3.57. The predicted octanol–water partition coefficient (Wildman–Crippen LogP) is 2.95. The van der Waals surface area contributed by atoms with Crippen LogP contribution in [0.2, 0.25) is 0 Å². The van der Waals surface area contributed by atoms with Gasteiger partial charge in [-0.15, -0.1) is 11.3 Å². The number of hydrogen-bond acceptors (Lipinski definition) is 3. The molecule has 0 saturated heterocycles. The molecule has 0 aliphatic carbocycles. The highest BCUT2D eigenvalue weighted by atomic mass is 79.9. The van der Waals surface area contributed by atoms with E-state index in [0.29, 0.717) is 6.42 Å². The fourth-order valence-corrected chi connectivity index (χ4v) is 2.57. The summed E-state index contributed by atoms with van der Waals surface area (Å²) in [5.74, 6) is 0. The summed E-state index contributed by atoms with van der Waals surface area (Å²) in [6.45, 7) is 1.94. The van der Waals surface area contributed by atoms with Crippen LogP contribution < -0.4 is 5.32 Å². The summed E-state index contributed by atoms with van der Waals surface area (Å²) in [5.41, 5.74) is 0. The van der Waals surface area contributed by atoms with Crippen molar-refractivity contribution in [2.24, 2.45) is 0 Å². The van der Waals surface area contributed by atoms with E-state index in [1.807, 2.05) is 0 Å². The molecule has 0 radical (unpaired) electrons. The second-order valence-corrected chi connectivity index (χ2v) is 4.90. The van der Waals surface area contributed by atoms with Gasteiger partial charge in [-0.05, 0) is 47.9 Å². The van der Waals surface area contributed by atoms with Crippen LogP contribution in [0.15, 0.2) is 15.9 Å². The molecule has 0 saturated carbocycles. The summed E-state index contributed by atoms with van der Waals surface area (Å²) >= 11 is 5.21. The van der Waals surface area contributed by atoms with E-state index in [0.717, 1.165) is 25.9 Å². The van der Waals surface area contributed by atoms with Crippen LogP contribution >= 0.6 is 27.3 Å². The minimum absolute atomic E-state index is 0.650. The topological polar surface area (TPSA) is 35.8 Å². The molecular weight excluding hydrogens is 260 g/mol. The van der Waals surface area contributed by atoms with Gasteiger partial charge in [0.1, 0.15) is 0 Å². The van der Waals surface area contributed by atoms with Gasteiger partial charge in [-0.2, -0.15) is 5.26 Å². The van der Waals surface area contributed by atoms with E-state index in [1.54, 1.807) is 11.3 Å². The molecule has 2 nitrogen and oxygen atoms in total. The molecular formula is C10H13BrN2S. The van der Waals surface area contributed by atoms with Gasteiger partial charge in [0.2, 0.25) is 0 Å². The van der Waals surface area contributed by atoms with E-state index >= 15 is 0 Å². The predicted molar refractivity (Wildman–Crippen MR) is 63.4 cm³/mol. The molecule has 0 aromatic carbocycles. The number of nitrogens with zero attached hydrogens (tertiary/aromatic N) is 1. The number of nitrogens with one attached hydrogen (secondary N) is 1. The van der Waals surface area contributed by atoms with Crippen LogP contribution in [0.25, 0.3) is 0 Å². The van der Waals surface area contributed by atoms with Crippen molar-refractivity contribution in [1.82, 2.24) is 5.32 Å². The largest absolute Gasteiger partial charge is 0.316 e. The van der Waals surface area contributed by atoms with E-state index < -0.39 is 0 Å². The van der Waals surface area contributed by atoms with Gasteiger partial charge < -0.3 is 5.32 Å². The van der Waals surface area contributed by atoms with Crippen molar-refractivity contribution in [3.63, 3.8) is 0 Å². The van der Waals surface area contributed by atoms with Gasteiger partial charge in [0.15, 0.2) is 0 Å². The average molecular weight is 273 g/mol. The Hall–Kier alpha value is -0.370. The lowest BCUT2D eigenvalue weighted by Crippen LogP contribution is -2.17. The Morgan fingerprint density at radius 1 is 1.50 bits per heavy atom. The van der Waals surface area contributed by atoms with Crippen molar-refractivity contribution in [1.29, 1.82) is 5.26 Å². The van der Waals surface area contributed by atoms with Gasteiger partial charge in [-0.3, -0.25) is 0 Å². The zero-order valence-corrected chi connectivity index (χ0v) is 10.3. The van der Waals surface area contributed by atoms with Gasteiger partial charge in [0.05, 0.1) is 6.07 Å². The van der Waals surface area contributed by atoms with E-state index in [9.17, 15) is 0 Å². The molecule has 0 fully saturated rings. The number of hydrogen-bond donors (Lipinski definition) is 1. The molecule has 0 amide bonds. The summed E-state index contributed by atoms with van der Waals surface area (Å²) in [4.78, 5) is 1.39. The lowest BCUT2D eigenvalue weighted by atomic mass is 10.3. The summed E-state index contributed by atoms with van der Waals surface area (Å²) in [6, 6.07) is 4.29. The first-order valence-electron chi connectivity index (χ1n) is 4.63. The van der Waals surface area contributed by atoms with Crippen LogP contribution in [0.3, 0.4) is 0 Å². The molecule has 0 aliphatic heterocycles. The summed E-state index contributed by atoms with van der Waals surface area (Å²) < 4.78 is 1.17. The Bertz CT molecular complexity index is 303. The smallest absolute Gasteiger partial charge is 0.0622 e. The van der Waals surface area contributed by atoms with Crippen LogP contribution in [-0.2, 0) is 6.42 Å². The molecule has 1 rings (SSSR count). The zero-order chi connectivity index (χ0) is 10.2. The van der Waals surface area contributed by atoms with Gasteiger partial charge in [-0.25, -0.2) is 0 Å². The Kier molecular flexibility index (Phi) is 5.85. The molecule has 4 heteroatoms. The normalized spacial score (nSPS) is 10.0. The SMILES string of the molecule is N#CCCCNCCc1cc(Br)cs1. The minimum Gasteiger partial charge on any atom is -0.316 e. The maximum absolute atomic E-state index is 8.32. The third-order valence-electron chi connectivity index (χ3n) is 1.81. The summed E-state index contributed by atoms with van der Waals surface area (Å²) in [7, 11) is 0. The van der Waals surface area contributed by atoms with Gasteiger partial charge in [0, 0.05) is 21.2 Å². The Morgan fingerprint density at radius 3 is 3.00 bits per heavy atom. The fourth-order valence-electron chi connectivity index (χ4n) is 1.11. The van der Waals surface area contributed by atoms with Crippen LogP contribution in [0, 0.1) is 11.3 Å². The Balaban J connectivity index is 2.02. The second-order valence-electron chi connectivity index (χ2n) is 2.99. The van der Waals surface area contributed by atoms with Crippen molar-refractivity contribution in [3.05, 3.63) is 20.8 Å². The standard InChI is InChI=1S/C10H13BrN2S/c11-9-7-10(14-8-9)3-6-13-5-2-1-4-12/h7-8,13H,1-3,5-6H2. The van der Waals surface area contributed by atoms with Crippen LogP contribution in [0.5, 0.6) is 0 Å². The number of nitriles is 1. The lowest BCUT2D eigenvalue weighted by molar-refractivity contribution is 0.657. The van der Waals surface area contributed by atoms with E-state index in [4.69, 9.17) is 5.26 Å². The Labute approximate surface area is 97.1 Å². The number of unbranched alkanes of at least 4 members (excludes halogenated alkanes) is 1. The third kappa shape index (κ3) is 4.75. The first kappa shape index (κ1) is 11.7. The first-order valence-corrected chi connectivity index (χ1v) is 6.31. The van der Waals surface area contributed by atoms with Crippen molar-refractivity contribution in [3.8, 4) is 6.07 Å². The molecule has 0 atom stereocenters. The number of rotatable bonds is 6. The van der Waals surface area contributed by atoms with Gasteiger partial charge >= 0.3 is 0 Å². The molecule has 1 N–H and O–H groups in total. The Morgan fingerprint density at radius 2 is 2.36 bits per heavy atom. The van der Waals surface area contributed by atoms with E-state index in [1.165, 1.54) is 9.35 Å². The molecule has 0 unspecified atom stereocenters. The summed E-state index contributed by atoms with van der Waals surface area (Å²) in [6.07, 6.45) is 2.67. The van der Waals surface area contributed by atoms with Crippen molar-refractivity contribution >= 4 is 27.3 Å². The number of halogens is 1. The van der Waals surface area contributed by atoms with E-state index in [2.05, 4.69) is 38.8 Å². The lowest BCUT2D eigenvalue weighted by Gasteiger charge is -2.00. The first-order chi connectivity index (χ1) is 6.83. The highest BCUT2D eigenvalue weighted by Crippen LogP contribution is 2.19. The summed E-state index contributed by atoms with van der Waals surface area (Å²) in [5, 5.41) is 13.7. The molecule has 76 valence electrons. The average Bonchev–Trinajstić information content (AvgIpc) is 2.58. The molecule has 0 aliphatic rings. The van der Waals surface area contributed by atoms with Crippen molar-refractivity contribution < 1.29 is 0 Å². The van der Waals surface area contributed by atoms with Crippen molar-refractivity contribution in [2.75, 3.05) is 13.1 Å². The molecule has 0 bridgehead atoms. The second kappa shape index (κ2) is 6.99. The van der Waals surface area contributed by atoms with Crippen LogP contribution in [0.4, 0.5) is 0 Å². The maximum atomic E-state index is 8.32. The van der Waals surface area contributed by atoms with Crippen molar-refractivity contribution in [2.45, 2.75) is 19.3 Å². The van der Waals surface area contributed by atoms with E-state index in [-0.39, 0.29) is 0 Å². The highest BCUT2D eigenvalue weighted by Gasteiger charge is 1.96. The maximum Gasteiger partial charge on any atom is 0.0622 e. The highest BCUT2D eigenvalue weighted by molar-refractivity contribution is 9.10. The molecule has 1 heterocycles. The molecule has 14 heavy (non-hydrogen) atoms. The van der Waals surface area contributed by atoms with Crippen LogP contribution in [0.1, 0.15) is 17.7 Å². The monoisotopic (exact) mass is 272 g/mol. The number of thiophene rings is 1. The fraction of sp³-hybridized carbons (Fsp3) is 0.500. The zero-order valence-electron chi connectivity index (χ0n) is 7.92. The molecule has 1 aromatic heterocycles. The quantitative estimate of drug-likeness (QED) is 0.809. The molecule has 1 aromatic rings. The minimum atomic E-state index is 0.650.